The van der Waals surface area contributed by atoms with E-state index in [1.54, 1.807) is 18.2 Å². The number of amides is 1. The summed E-state index contributed by atoms with van der Waals surface area (Å²) in [5, 5.41) is 2.78. The number of rotatable bonds is 3. The Hall–Kier alpha value is -1.63. The van der Waals surface area contributed by atoms with Gasteiger partial charge in [-0.25, -0.2) is 4.98 Å². The molecule has 5 heteroatoms. The Morgan fingerprint density at radius 3 is 2.42 bits per heavy atom. The van der Waals surface area contributed by atoms with Crippen LogP contribution in [0.1, 0.15) is 10.4 Å². The monoisotopic (exact) mass is 367 g/mol. The number of nitrogens with zero attached hydrogens (tertiary/aromatic N) is 2. The van der Waals surface area contributed by atoms with Crippen molar-refractivity contribution in [2.24, 2.45) is 0 Å². The first-order valence-corrected chi connectivity index (χ1v) is 6.85. The second-order valence-electron chi connectivity index (χ2n) is 4.24. The van der Waals surface area contributed by atoms with E-state index in [9.17, 15) is 4.79 Å². The third-order valence-corrected chi connectivity index (χ3v) is 3.20. The molecular formula is C14H14IN3O. The quantitative estimate of drug-likeness (QED) is 0.670. The molecule has 98 valence electrons. The Kier molecular flexibility index (Phi) is 4.36. The van der Waals surface area contributed by atoms with Gasteiger partial charge in [0.25, 0.3) is 5.91 Å². The van der Waals surface area contributed by atoms with Gasteiger partial charge in [-0.2, -0.15) is 0 Å². The van der Waals surface area contributed by atoms with Crippen LogP contribution in [0.15, 0.2) is 42.5 Å². The van der Waals surface area contributed by atoms with Gasteiger partial charge >= 0.3 is 0 Å². The van der Waals surface area contributed by atoms with Gasteiger partial charge in [0, 0.05) is 25.3 Å². The summed E-state index contributed by atoms with van der Waals surface area (Å²) < 4.78 is 0.846. The molecule has 0 atom stereocenters. The van der Waals surface area contributed by atoms with Crippen LogP contribution in [0.2, 0.25) is 0 Å². The van der Waals surface area contributed by atoms with Gasteiger partial charge < -0.3 is 10.2 Å². The molecule has 0 radical (unpaired) electrons. The summed E-state index contributed by atoms with van der Waals surface area (Å²) in [4.78, 5) is 18.3. The van der Waals surface area contributed by atoms with Gasteiger partial charge in [0.05, 0.1) is 0 Å². The second-order valence-corrected chi connectivity index (χ2v) is 5.35. The zero-order valence-corrected chi connectivity index (χ0v) is 12.9. The predicted octanol–water partition coefficient (Wildman–Crippen LogP) is 3.00. The van der Waals surface area contributed by atoms with Crippen molar-refractivity contribution in [2.75, 3.05) is 24.3 Å². The van der Waals surface area contributed by atoms with Crippen molar-refractivity contribution < 1.29 is 4.79 Å². The topological polar surface area (TPSA) is 45.2 Å². The molecule has 0 aliphatic rings. The van der Waals surface area contributed by atoms with Gasteiger partial charge in [0.2, 0.25) is 0 Å². The number of anilines is 2. The molecule has 0 unspecified atom stereocenters. The van der Waals surface area contributed by atoms with E-state index in [0.29, 0.717) is 11.4 Å². The molecule has 1 heterocycles. The van der Waals surface area contributed by atoms with E-state index in [1.165, 1.54) is 0 Å². The minimum atomic E-state index is -0.153. The first kappa shape index (κ1) is 13.8. The lowest BCUT2D eigenvalue weighted by atomic mass is 10.2. The first-order chi connectivity index (χ1) is 9.06. The van der Waals surface area contributed by atoms with Crippen LogP contribution in [0, 0.1) is 3.70 Å². The molecule has 4 nitrogen and oxygen atoms in total. The summed E-state index contributed by atoms with van der Waals surface area (Å²) in [6, 6.07) is 12.9. The van der Waals surface area contributed by atoms with Crippen molar-refractivity contribution in [3.05, 3.63) is 51.7 Å². The molecule has 0 saturated carbocycles. The fraction of sp³-hybridized carbons (Fsp3) is 0.143. The lowest BCUT2D eigenvalue weighted by Gasteiger charge is -2.12. The summed E-state index contributed by atoms with van der Waals surface area (Å²) >= 11 is 2.11. The summed E-state index contributed by atoms with van der Waals surface area (Å²) in [5.41, 5.74) is 1.68. The fourth-order valence-corrected chi connectivity index (χ4v) is 2.04. The Bertz CT molecular complexity index is 581. The van der Waals surface area contributed by atoms with Gasteiger partial charge in [-0.1, -0.05) is 6.07 Å². The Balaban J connectivity index is 2.11. The lowest BCUT2D eigenvalue weighted by Crippen LogP contribution is -2.14. The smallest absolute Gasteiger partial charge is 0.256 e. The molecule has 0 bridgehead atoms. The molecule has 1 aromatic carbocycles. The zero-order valence-electron chi connectivity index (χ0n) is 10.7. The van der Waals surface area contributed by atoms with E-state index in [1.807, 2.05) is 43.3 Å². The van der Waals surface area contributed by atoms with Crippen LogP contribution in [-0.2, 0) is 0 Å². The van der Waals surface area contributed by atoms with Gasteiger partial charge in [0.15, 0.2) is 0 Å². The number of aromatic nitrogens is 1. The Labute approximate surface area is 126 Å². The van der Waals surface area contributed by atoms with Crippen LogP contribution < -0.4 is 10.2 Å². The highest BCUT2D eigenvalue weighted by atomic mass is 127. The van der Waals surface area contributed by atoms with Gasteiger partial charge in [-0.15, -0.1) is 0 Å². The molecule has 0 aliphatic heterocycles. The number of carbonyl (C=O) groups excluding carboxylic acids is 1. The predicted molar refractivity (Wildman–Crippen MR) is 85.7 cm³/mol. The minimum Gasteiger partial charge on any atom is -0.378 e. The minimum absolute atomic E-state index is 0.153. The number of hydrogen-bond donors (Lipinski definition) is 1. The Morgan fingerprint density at radius 1 is 1.16 bits per heavy atom. The van der Waals surface area contributed by atoms with E-state index in [0.717, 1.165) is 9.39 Å². The van der Waals surface area contributed by atoms with Crippen molar-refractivity contribution in [3.8, 4) is 0 Å². The van der Waals surface area contributed by atoms with Crippen molar-refractivity contribution in [1.82, 2.24) is 4.98 Å². The van der Waals surface area contributed by atoms with E-state index in [4.69, 9.17) is 0 Å². The third-order valence-electron chi connectivity index (χ3n) is 2.60. The molecule has 0 spiro atoms. The molecule has 19 heavy (non-hydrogen) atoms. The lowest BCUT2D eigenvalue weighted by molar-refractivity contribution is 0.102. The van der Waals surface area contributed by atoms with E-state index >= 15 is 0 Å². The van der Waals surface area contributed by atoms with Gasteiger partial charge in [0.1, 0.15) is 9.52 Å². The highest BCUT2D eigenvalue weighted by Crippen LogP contribution is 2.14. The van der Waals surface area contributed by atoms with Crippen molar-refractivity contribution in [1.29, 1.82) is 0 Å². The van der Waals surface area contributed by atoms with E-state index < -0.39 is 0 Å². The molecule has 2 rings (SSSR count). The standard InChI is InChI=1S/C14H14IN3O/c1-18(2)11-8-6-10(7-9-11)14(19)17-13-5-3-4-12(15)16-13/h3-9H,1-2H3,(H,16,17,19). The van der Waals surface area contributed by atoms with Gasteiger partial charge in [-0.3, -0.25) is 4.79 Å². The average Bonchev–Trinajstić information content (AvgIpc) is 2.39. The molecule has 0 aliphatic carbocycles. The maximum absolute atomic E-state index is 12.0. The van der Waals surface area contributed by atoms with Crippen LogP contribution >= 0.6 is 22.6 Å². The third kappa shape index (κ3) is 3.66. The maximum atomic E-state index is 12.0. The summed E-state index contributed by atoms with van der Waals surface area (Å²) in [5.74, 6) is 0.411. The van der Waals surface area contributed by atoms with Crippen LogP contribution in [0.4, 0.5) is 11.5 Å². The van der Waals surface area contributed by atoms with Crippen molar-refractivity contribution >= 4 is 40.0 Å². The van der Waals surface area contributed by atoms with Gasteiger partial charge in [-0.05, 0) is 59.0 Å². The maximum Gasteiger partial charge on any atom is 0.256 e. The summed E-state index contributed by atoms with van der Waals surface area (Å²) in [6.07, 6.45) is 0. The number of benzene rings is 1. The molecule has 1 N–H and O–H groups in total. The number of carbonyl (C=O) groups is 1. The Morgan fingerprint density at radius 2 is 1.84 bits per heavy atom. The summed E-state index contributed by atoms with van der Waals surface area (Å²) in [6.45, 7) is 0. The highest BCUT2D eigenvalue weighted by Gasteiger charge is 2.07. The normalized spacial score (nSPS) is 10.1. The summed E-state index contributed by atoms with van der Waals surface area (Å²) in [7, 11) is 3.93. The highest BCUT2D eigenvalue weighted by molar-refractivity contribution is 14.1. The number of pyridine rings is 1. The zero-order chi connectivity index (χ0) is 13.8. The molecule has 1 amide bonds. The van der Waals surface area contributed by atoms with Crippen LogP contribution in [0.25, 0.3) is 0 Å². The SMILES string of the molecule is CN(C)c1ccc(C(=O)Nc2cccc(I)n2)cc1. The fourth-order valence-electron chi connectivity index (χ4n) is 1.58. The molecule has 2 aromatic rings. The second kappa shape index (κ2) is 6.01. The van der Waals surface area contributed by atoms with E-state index in [-0.39, 0.29) is 5.91 Å². The largest absolute Gasteiger partial charge is 0.378 e. The average molecular weight is 367 g/mol. The number of nitrogens with one attached hydrogen (secondary N) is 1. The number of halogens is 1. The van der Waals surface area contributed by atoms with E-state index in [2.05, 4.69) is 32.9 Å². The van der Waals surface area contributed by atoms with Crippen molar-refractivity contribution in [2.45, 2.75) is 0 Å². The first-order valence-electron chi connectivity index (χ1n) is 5.77. The molecule has 1 aromatic heterocycles. The van der Waals surface area contributed by atoms with Crippen LogP contribution in [0.5, 0.6) is 0 Å². The molecule has 0 fully saturated rings. The van der Waals surface area contributed by atoms with Crippen molar-refractivity contribution in [3.63, 3.8) is 0 Å². The molecular weight excluding hydrogens is 353 g/mol. The van der Waals surface area contributed by atoms with Crippen LogP contribution in [-0.4, -0.2) is 25.0 Å². The van der Waals surface area contributed by atoms with Crippen LogP contribution in [0.3, 0.4) is 0 Å². The number of hydrogen-bond acceptors (Lipinski definition) is 3. The molecule has 0 saturated heterocycles.